The first-order chi connectivity index (χ1) is 8.82. The second-order valence-electron chi connectivity index (χ2n) is 4.69. The third kappa shape index (κ3) is 2.51. The molecule has 0 bridgehead atoms. The Morgan fingerprint density at radius 2 is 2.11 bits per heavy atom. The van der Waals surface area contributed by atoms with E-state index < -0.39 is 23.3 Å². The van der Waals surface area contributed by atoms with E-state index in [1.165, 1.54) is 11.1 Å². The summed E-state index contributed by atoms with van der Waals surface area (Å²) in [5, 5.41) is 2.22. The maximum absolute atomic E-state index is 12.3. The Bertz CT molecular complexity index is 554. The number of hydrogen-bond donors (Lipinski definition) is 1. The van der Waals surface area contributed by atoms with Crippen LogP contribution in [-0.4, -0.2) is 39.7 Å². The van der Waals surface area contributed by atoms with Crippen LogP contribution >= 0.6 is 15.9 Å². The van der Waals surface area contributed by atoms with Crippen LogP contribution in [0.3, 0.4) is 0 Å². The van der Waals surface area contributed by atoms with E-state index >= 15 is 0 Å². The molecule has 19 heavy (non-hydrogen) atoms. The molecular formula is C12H12BrN3O3. The Hall–Kier alpha value is -1.76. The smallest absolute Gasteiger partial charge is 0.273 e. The Kier molecular flexibility index (Phi) is 3.40. The summed E-state index contributed by atoms with van der Waals surface area (Å²) in [6.45, 7) is 3.02. The first kappa shape index (κ1) is 13.7. The van der Waals surface area contributed by atoms with Gasteiger partial charge >= 0.3 is 0 Å². The molecule has 0 aromatic carbocycles. The summed E-state index contributed by atoms with van der Waals surface area (Å²) in [6, 6.07) is 3.22. The summed E-state index contributed by atoms with van der Waals surface area (Å²) < 4.78 is 0.746. The minimum Gasteiger partial charge on any atom is -0.314 e. The van der Waals surface area contributed by atoms with Gasteiger partial charge in [-0.05, 0) is 41.9 Å². The molecule has 1 aromatic heterocycles. The second kappa shape index (κ2) is 4.73. The van der Waals surface area contributed by atoms with Crippen LogP contribution in [0.25, 0.3) is 0 Å². The second-order valence-corrected chi connectivity index (χ2v) is 5.60. The first-order valence-corrected chi connectivity index (χ1v) is 6.39. The average Bonchev–Trinajstić information content (AvgIpc) is 2.34. The van der Waals surface area contributed by atoms with Crippen molar-refractivity contribution in [2.75, 3.05) is 6.54 Å². The van der Waals surface area contributed by atoms with E-state index in [4.69, 9.17) is 0 Å². The average molecular weight is 326 g/mol. The summed E-state index contributed by atoms with van der Waals surface area (Å²) in [5.41, 5.74) is -0.890. The molecule has 2 rings (SSSR count). The third-order valence-corrected chi connectivity index (χ3v) is 3.45. The summed E-state index contributed by atoms with van der Waals surface area (Å²) in [5.74, 6) is -1.43. The zero-order chi connectivity index (χ0) is 14.2. The number of amides is 3. The van der Waals surface area contributed by atoms with Gasteiger partial charge in [0.15, 0.2) is 0 Å². The number of halogens is 1. The van der Waals surface area contributed by atoms with Gasteiger partial charge in [-0.3, -0.25) is 19.7 Å². The molecule has 7 heteroatoms. The highest BCUT2D eigenvalue weighted by atomic mass is 79.9. The molecule has 2 heterocycles. The fourth-order valence-electron chi connectivity index (χ4n) is 1.75. The van der Waals surface area contributed by atoms with Crippen LogP contribution in [0, 0.1) is 0 Å². The van der Waals surface area contributed by atoms with Crippen LogP contribution in [0.2, 0.25) is 0 Å². The molecule has 1 aromatic rings. The van der Waals surface area contributed by atoms with Gasteiger partial charge in [0.1, 0.15) is 17.8 Å². The minimum absolute atomic E-state index is 0.157. The molecule has 6 nitrogen and oxygen atoms in total. The topological polar surface area (TPSA) is 79.4 Å². The quantitative estimate of drug-likeness (QED) is 0.772. The number of nitrogens with zero attached hydrogens (tertiary/aromatic N) is 2. The van der Waals surface area contributed by atoms with Crippen molar-refractivity contribution in [3.05, 3.63) is 28.5 Å². The van der Waals surface area contributed by atoms with E-state index in [-0.39, 0.29) is 12.2 Å². The van der Waals surface area contributed by atoms with Crippen molar-refractivity contribution in [2.24, 2.45) is 0 Å². The minimum atomic E-state index is -1.08. The van der Waals surface area contributed by atoms with Gasteiger partial charge < -0.3 is 4.90 Å². The maximum Gasteiger partial charge on any atom is 0.273 e. The number of pyridine rings is 1. The summed E-state index contributed by atoms with van der Waals surface area (Å²) in [4.78, 5) is 40.7. The van der Waals surface area contributed by atoms with Crippen molar-refractivity contribution < 1.29 is 14.4 Å². The monoisotopic (exact) mass is 325 g/mol. The Morgan fingerprint density at radius 1 is 1.42 bits per heavy atom. The number of carbonyl (C=O) groups excluding carboxylic acids is 3. The van der Waals surface area contributed by atoms with Crippen molar-refractivity contribution in [1.29, 1.82) is 0 Å². The maximum atomic E-state index is 12.3. The van der Waals surface area contributed by atoms with Gasteiger partial charge in [-0.25, -0.2) is 4.98 Å². The molecule has 1 saturated heterocycles. The van der Waals surface area contributed by atoms with E-state index in [0.717, 1.165) is 4.47 Å². The Morgan fingerprint density at radius 3 is 2.68 bits per heavy atom. The van der Waals surface area contributed by atoms with Gasteiger partial charge in [0.05, 0.1) is 0 Å². The van der Waals surface area contributed by atoms with Crippen molar-refractivity contribution in [3.8, 4) is 0 Å². The normalized spacial score (nSPS) is 18.2. The van der Waals surface area contributed by atoms with Crippen molar-refractivity contribution in [3.63, 3.8) is 0 Å². The van der Waals surface area contributed by atoms with Gasteiger partial charge in [-0.2, -0.15) is 0 Å². The van der Waals surface area contributed by atoms with Crippen molar-refractivity contribution in [2.45, 2.75) is 19.4 Å². The number of aromatic nitrogens is 1. The largest absolute Gasteiger partial charge is 0.314 e. The standard InChI is InChI=1S/C12H12BrN3O3/c1-12(2)11(19)15-9(17)6-16(12)10(18)8-4-3-7(13)5-14-8/h3-5H,6H2,1-2H3,(H,15,17,19). The molecule has 1 N–H and O–H groups in total. The van der Waals surface area contributed by atoms with Crippen LogP contribution in [0.15, 0.2) is 22.8 Å². The summed E-state index contributed by atoms with van der Waals surface area (Å²) >= 11 is 3.23. The number of rotatable bonds is 1. The highest BCUT2D eigenvalue weighted by Crippen LogP contribution is 2.20. The highest BCUT2D eigenvalue weighted by Gasteiger charge is 2.44. The van der Waals surface area contributed by atoms with Crippen LogP contribution in [0.1, 0.15) is 24.3 Å². The SMILES string of the molecule is CC1(C)C(=O)NC(=O)CN1C(=O)c1ccc(Br)cn1. The molecule has 1 fully saturated rings. The van der Waals surface area contributed by atoms with Crippen LogP contribution < -0.4 is 5.32 Å². The molecular weight excluding hydrogens is 314 g/mol. The van der Waals surface area contributed by atoms with Crippen LogP contribution in [0.4, 0.5) is 0 Å². The molecule has 1 aliphatic heterocycles. The third-order valence-electron chi connectivity index (χ3n) is 2.98. The molecule has 0 saturated carbocycles. The predicted molar refractivity (Wildman–Crippen MR) is 70.2 cm³/mol. The lowest BCUT2D eigenvalue weighted by molar-refractivity contribution is -0.143. The van der Waals surface area contributed by atoms with Gasteiger partial charge in [-0.1, -0.05) is 0 Å². The van der Waals surface area contributed by atoms with Crippen LogP contribution in [-0.2, 0) is 9.59 Å². The molecule has 0 unspecified atom stereocenters. The lowest BCUT2D eigenvalue weighted by Crippen LogP contribution is -2.65. The van der Waals surface area contributed by atoms with E-state index in [2.05, 4.69) is 26.2 Å². The molecule has 0 atom stereocenters. The van der Waals surface area contributed by atoms with E-state index in [9.17, 15) is 14.4 Å². The zero-order valence-electron chi connectivity index (χ0n) is 10.4. The van der Waals surface area contributed by atoms with E-state index in [1.54, 1.807) is 26.0 Å². The predicted octanol–water partition coefficient (Wildman–Crippen LogP) is 0.721. The van der Waals surface area contributed by atoms with Gasteiger partial charge in [-0.15, -0.1) is 0 Å². The van der Waals surface area contributed by atoms with Gasteiger partial charge in [0, 0.05) is 10.7 Å². The molecule has 0 radical (unpaired) electrons. The fraction of sp³-hybridized carbons (Fsp3) is 0.333. The van der Waals surface area contributed by atoms with Crippen molar-refractivity contribution >= 4 is 33.7 Å². The van der Waals surface area contributed by atoms with Crippen LogP contribution in [0.5, 0.6) is 0 Å². The summed E-state index contributed by atoms with van der Waals surface area (Å²) in [6.07, 6.45) is 1.49. The highest BCUT2D eigenvalue weighted by molar-refractivity contribution is 9.10. The fourth-order valence-corrected chi connectivity index (χ4v) is 1.98. The Labute approximate surface area is 118 Å². The van der Waals surface area contributed by atoms with Gasteiger partial charge in [0.25, 0.3) is 11.8 Å². The first-order valence-electron chi connectivity index (χ1n) is 5.60. The number of piperazine rings is 1. The zero-order valence-corrected chi connectivity index (χ0v) is 12.0. The summed E-state index contributed by atoms with van der Waals surface area (Å²) in [7, 11) is 0. The number of imide groups is 1. The lowest BCUT2D eigenvalue weighted by atomic mass is 9.98. The number of nitrogens with one attached hydrogen (secondary N) is 1. The molecule has 100 valence electrons. The number of hydrogen-bond acceptors (Lipinski definition) is 4. The van der Waals surface area contributed by atoms with Gasteiger partial charge in [0.2, 0.25) is 5.91 Å². The van der Waals surface area contributed by atoms with E-state index in [0.29, 0.717) is 0 Å². The molecule has 0 aliphatic carbocycles. The number of carbonyl (C=O) groups is 3. The lowest BCUT2D eigenvalue weighted by Gasteiger charge is -2.39. The molecule has 3 amide bonds. The molecule has 1 aliphatic rings. The van der Waals surface area contributed by atoms with E-state index in [1.807, 2.05) is 0 Å². The molecule has 0 spiro atoms. The van der Waals surface area contributed by atoms with Crippen molar-refractivity contribution in [1.82, 2.24) is 15.2 Å². The Balaban J connectivity index is 2.33.